The summed E-state index contributed by atoms with van der Waals surface area (Å²) in [6.07, 6.45) is 0. The number of nitrogens with one attached hydrogen (secondary N) is 1. The van der Waals surface area contributed by atoms with E-state index in [2.05, 4.69) is 5.32 Å². The minimum Gasteiger partial charge on any atom is -0.496 e. The number of hydrogen-bond acceptors (Lipinski definition) is 6. The minimum absolute atomic E-state index is 0.00780. The van der Waals surface area contributed by atoms with E-state index in [1.807, 2.05) is 35.8 Å². The van der Waals surface area contributed by atoms with Crippen LogP contribution >= 0.6 is 12.2 Å². The lowest BCUT2D eigenvalue weighted by atomic mass is 10.1. The molecule has 0 radical (unpaired) electrons. The molecule has 0 unspecified atom stereocenters. The number of anilines is 1. The molecule has 0 atom stereocenters. The molecule has 0 spiro atoms. The highest BCUT2D eigenvalue weighted by Crippen LogP contribution is 2.32. The summed E-state index contributed by atoms with van der Waals surface area (Å²) in [4.78, 5) is 27.4. The zero-order valence-electron chi connectivity index (χ0n) is 17.2. The predicted molar refractivity (Wildman–Crippen MR) is 119 cm³/mol. The predicted octanol–water partition coefficient (Wildman–Crippen LogP) is 3.06. The second-order valence-electron chi connectivity index (χ2n) is 7.14. The maximum absolute atomic E-state index is 12.5. The molecule has 0 saturated carbocycles. The molecule has 158 valence electrons. The molecule has 8 nitrogen and oxygen atoms in total. The summed E-state index contributed by atoms with van der Waals surface area (Å²) in [5, 5.41) is 14.6. The van der Waals surface area contributed by atoms with Gasteiger partial charge in [0.05, 0.1) is 18.1 Å². The lowest BCUT2D eigenvalue weighted by Crippen LogP contribution is -2.52. The quantitative estimate of drug-likeness (QED) is 0.455. The number of piperazine rings is 1. The van der Waals surface area contributed by atoms with Gasteiger partial charge in [-0.3, -0.25) is 20.2 Å². The number of carbonyl (C=O) groups excluding carboxylic acids is 1. The van der Waals surface area contributed by atoms with Gasteiger partial charge in [0.2, 0.25) is 0 Å². The van der Waals surface area contributed by atoms with Gasteiger partial charge in [0.15, 0.2) is 5.11 Å². The van der Waals surface area contributed by atoms with Crippen LogP contribution in [-0.4, -0.2) is 54.1 Å². The largest absolute Gasteiger partial charge is 0.496 e. The number of methoxy groups -OCH3 is 1. The molecule has 3 rings (SSSR count). The van der Waals surface area contributed by atoms with Gasteiger partial charge in [-0.15, -0.1) is 0 Å². The van der Waals surface area contributed by atoms with Crippen LogP contribution in [0.4, 0.5) is 11.4 Å². The molecule has 0 aromatic heterocycles. The van der Waals surface area contributed by atoms with Crippen LogP contribution in [0.2, 0.25) is 0 Å². The second-order valence-corrected chi connectivity index (χ2v) is 7.53. The van der Waals surface area contributed by atoms with Crippen LogP contribution in [0.25, 0.3) is 0 Å². The average molecular weight is 429 g/mol. The molecule has 1 aliphatic heterocycles. The Hall–Kier alpha value is -3.20. The highest BCUT2D eigenvalue weighted by atomic mass is 32.1. The highest BCUT2D eigenvalue weighted by molar-refractivity contribution is 7.80. The van der Waals surface area contributed by atoms with Gasteiger partial charge in [0.1, 0.15) is 11.4 Å². The summed E-state index contributed by atoms with van der Waals surface area (Å²) in [6.45, 7) is 6.15. The number of ether oxygens (including phenoxy) is 1. The Bertz CT molecular complexity index is 987. The van der Waals surface area contributed by atoms with Gasteiger partial charge in [-0.1, -0.05) is 6.07 Å². The third-order valence-corrected chi connectivity index (χ3v) is 5.64. The number of benzene rings is 2. The lowest BCUT2D eigenvalue weighted by Gasteiger charge is -2.37. The Labute approximate surface area is 180 Å². The van der Waals surface area contributed by atoms with Crippen molar-refractivity contribution >= 4 is 34.6 Å². The fourth-order valence-electron chi connectivity index (χ4n) is 3.33. The van der Waals surface area contributed by atoms with Crippen LogP contribution in [0.15, 0.2) is 36.4 Å². The first-order chi connectivity index (χ1) is 14.3. The Morgan fingerprint density at radius 2 is 1.80 bits per heavy atom. The molecule has 1 fully saturated rings. The number of carbonyl (C=O) groups is 1. The summed E-state index contributed by atoms with van der Waals surface area (Å²) in [5.41, 5.74) is 3.29. The van der Waals surface area contributed by atoms with Gasteiger partial charge >= 0.3 is 0 Å². The molecule has 1 aliphatic rings. The molecule has 0 aliphatic carbocycles. The number of amides is 1. The number of nitro groups is 1. The van der Waals surface area contributed by atoms with Crippen LogP contribution < -0.4 is 15.0 Å². The first-order valence-corrected chi connectivity index (χ1v) is 9.96. The standard InChI is InChI=1S/C21H24N4O4S/c1-14-4-5-16(12-15(14)2)20(26)22-21(30)24-10-8-23(9-11-24)18-7-6-17(29-3)13-19(18)25(27)28/h4-7,12-13H,8-11H2,1-3H3,(H,22,26,30). The van der Waals surface area contributed by atoms with E-state index < -0.39 is 4.92 Å². The highest BCUT2D eigenvalue weighted by Gasteiger charge is 2.26. The first-order valence-electron chi connectivity index (χ1n) is 9.55. The minimum atomic E-state index is -0.404. The third kappa shape index (κ3) is 4.68. The van der Waals surface area contributed by atoms with Crippen LogP contribution in [-0.2, 0) is 0 Å². The molecule has 1 heterocycles. The summed E-state index contributed by atoms with van der Waals surface area (Å²) < 4.78 is 5.09. The lowest BCUT2D eigenvalue weighted by molar-refractivity contribution is -0.384. The molecule has 30 heavy (non-hydrogen) atoms. The van der Waals surface area contributed by atoms with E-state index in [1.54, 1.807) is 18.2 Å². The van der Waals surface area contributed by atoms with Crippen molar-refractivity contribution in [2.75, 3.05) is 38.2 Å². The molecule has 9 heteroatoms. The van der Waals surface area contributed by atoms with Crippen LogP contribution in [0.1, 0.15) is 21.5 Å². The van der Waals surface area contributed by atoms with Crippen LogP contribution in [0.5, 0.6) is 5.75 Å². The van der Waals surface area contributed by atoms with Crippen molar-refractivity contribution in [1.29, 1.82) is 0 Å². The Balaban J connectivity index is 1.62. The Morgan fingerprint density at radius 1 is 1.10 bits per heavy atom. The first kappa shape index (κ1) is 21.5. The summed E-state index contributed by atoms with van der Waals surface area (Å²) in [5.74, 6) is 0.204. The van der Waals surface area contributed by atoms with Crippen molar-refractivity contribution in [1.82, 2.24) is 10.2 Å². The molecular formula is C21H24N4O4S. The summed E-state index contributed by atoms with van der Waals surface area (Å²) in [7, 11) is 1.48. The monoisotopic (exact) mass is 428 g/mol. The maximum atomic E-state index is 12.5. The summed E-state index contributed by atoms with van der Waals surface area (Å²) >= 11 is 5.42. The smallest absolute Gasteiger partial charge is 0.296 e. The Kier molecular flexibility index (Phi) is 6.51. The van der Waals surface area contributed by atoms with Gasteiger partial charge < -0.3 is 14.5 Å². The van der Waals surface area contributed by atoms with Crippen molar-refractivity contribution in [3.63, 3.8) is 0 Å². The molecule has 2 aromatic rings. The fourth-order valence-corrected chi connectivity index (χ4v) is 3.60. The zero-order chi connectivity index (χ0) is 21.8. The van der Waals surface area contributed by atoms with Gasteiger partial charge in [-0.25, -0.2) is 0 Å². The molecule has 2 aromatic carbocycles. The van der Waals surface area contributed by atoms with Crippen molar-refractivity contribution in [3.8, 4) is 5.75 Å². The number of nitro benzene ring substituents is 1. The van der Waals surface area contributed by atoms with Crippen molar-refractivity contribution in [2.24, 2.45) is 0 Å². The average Bonchev–Trinajstić information content (AvgIpc) is 2.75. The van der Waals surface area contributed by atoms with E-state index >= 15 is 0 Å². The molecule has 0 bridgehead atoms. The van der Waals surface area contributed by atoms with E-state index in [4.69, 9.17) is 17.0 Å². The van der Waals surface area contributed by atoms with Crippen molar-refractivity contribution < 1.29 is 14.5 Å². The SMILES string of the molecule is COc1ccc(N2CCN(C(=S)NC(=O)c3ccc(C)c(C)c3)CC2)c([N+](=O)[O-])c1. The summed E-state index contributed by atoms with van der Waals surface area (Å²) in [6, 6.07) is 10.4. The number of hydrogen-bond donors (Lipinski definition) is 1. The number of nitrogens with zero attached hydrogens (tertiary/aromatic N) is 3. The second kappa shape index (κ2) is 9.08. The van der Waals surface area contributed by atoms with Crippen LogP contribution in [0, 0.1) is 24.0 Å². The van der Waals surface area contributed by atoms with Gasteiger partial charge in [0, 0.05) is 31.7 Å². The molecular weight excluding hydrogens is 404 g/mol. The van der Waals surface area contributed by atoms with E-state index in [0.29, 0.717) is 48.3 Å². The molecule has 1 saturated heterocycles. The number of aryl methyl sites for hydroxylation is 2. The zero-order valence-corrected chi connectivity index (χ0v) is 18.0. The van der Waals surface area contributed by atoms with Crippen LogP contribution in [0.3, 0.4) is 0 Å². The van der Waals surface area contributed by atoms with E-state index in [-0.39, 0.29) is 11.6 Å². The number of thiocarbonyl (C=S) groups is 1. The van der Waals surface area contributed by atoms with Gasteiger partial charge in [-0.05, 0) is 61.5 Å². The topological polar surface area (TPSA) is 88.0 Å². The third-order valence-electron chi connectivity index (χ3n) is 5.28. The van der Waals surface area contributed by atoms with E-state index in [1.165, 1.54) is 13.2 Å². The normalized spacial score (nSPS) is 13.7. The fraction of sp³-hybridized carbons (Fsp3) is 0.333. The van der Waals surface area contributed by atoms with Crippen molar-refractivity contribution in [2.45, 2.75) is 13.8 Å². The van der Waals surface area contributed by atoms with E-state index in [9.17, 15) is 14.9 Å². The molecule has 1 N–H and O–H groups in total. The van der Waals surface area contributed by atoms with Crippen molar-refractivity contribution in [3.05, 3.63) is 63.2 Å². The van der Waals surface area contributed by atoms with E-state index in [0.717, 1.165) is 11.1 Å². The maximum Gasteiger partial charge on any atom is 0.296 e. The van der Waals surface area contributed by atoms with Gasteiger partial charge in [-0.2, -0.15) is 0 Å². The van der Waals surface area contributed by atoms with Gasteiger partial charge in [0.25, 0.3) is 11.6 Å². The molecule has 1 amide bonds. The number of rotatable bonds is 4. The Morgan fingerprint density at radius 3 is 2.40 bits per heavy atom.